The lowest BCUT2D eigenvalue weighted by Gasteiger charge is -2.32. The third kappa shape index (κ3) is 3.29. The second kappa shape index (κ2) is 6.23. The van der Waals surface area contributed by atoms with E-state index in [1.54, 1.807) is 0 Å². The van der Waals surface area contributed by atoms with Crippen LogP contribution in [0.1, 0.15) is 11.4 Å². The first-order valence-electron chi connectivity index (χ1n) is 5.92. The summed E-state index contributed by atoms with van der Waals surface area (Å²) < 4.78 is 204. The molecule has 1 aromatic heterocycles. The molecule has 0 saturated heterocycles. The van der Waals surface area contributed by atoms with Crippen LogP contribution >= 0.6 is 0 Å². The van der Waals surface area contributed by atoms with Gasteiger partial charge in [-0.25, -0.2) is 13.8 Å². The van der Waals surface area contributed by atoms with Crippen molar-refractivity contribution >= 4 is 0 Å². The number of aromatic nitrogens is 2. The van der Waals surface area contributed by atoms with Gasteiger partial charge in [0.05, 0.1) is 0 Å². The highest BCUT2D eigenvalue weighted by molar-refractivity contribution is 5.25. The minimum atomic E-state index is -7.29. The highest BCUT2D eigenvalue weighted by Crippen LogP contribution is 2.56. The first kappa shape index (κ1) is 24.0. The van der Waals surface area contributed by atoms with Gasteiger partial charge in [0.1, 0.15) is 0 Å². The van der Waals surface area contributed by atoms with Gasteiger partial charge in [0.2, 0.25) is 11.9 Å². The molecule has 1 rings (SSSR count). The fraction of sp³-hybridized carbons (Fsp3) is 0.600. The zero-order valence-electron chi connectivity index (χ0n) is 11.9. The van der Waals surface area contributed by atoms with Crippen molar-refractivity contribution in [1.82, 2.24) is 9.97 Å². The standard InChI is InChI=1S/C10F16N2/c11-3-1(5(13,7(15,16)17)8(18,19)20)27-2(4(12)28-3)6(14,9(21,22)23)10(24,25)26. The van der Waals surface area contributed by atoms with Crippen LogP contribution in [-0.2, 0) is 11.3 Å². The molecule has 0 atom stereocenters. The zero-order chi connectivity index (χ0) is 22.7. The van der Waals surface area contributed by atoms with Gasteiger partial charge in [-0.05, 0) is 0 Å². The average molecular weight is 452 g/mol. The first-order chi connectivity index (χ1) is 12.0. The molecule has 1 heterocycles. The SMILES string of the molecule is Fc1nc(F)c(C(F)(C(F)(F)F)C(F)(F)F)nc1C(F)(C(F)(F)F)C(F)(F)F. The summed E-state index contributed by atoms with van der Waals surface area (Å²) in [6.45, 7) is 0. The predicted octanol–water partition coefficient (Wildman–Crippen LogP) is 5.33. The fourth-order valence-electron chi connectivity index (χ4n) is 1.69. The van der Waals surface area contributed by atoms with E-state index in [1.165, 1.54) is 4.98 Å². The van der Waals surface area contributed by atoms with Crippen LogP contribution < -0.4 is 0 Å². The zero-order valence-corrected chi connectivity index (χ0v) is 11.9. The Kier molecular flexibility index (Phi) is 5.34. The third-order valence-electron chi connectivity index (χ3n) is 3.03. The monoisotopic (exact) mass is 452 g/mol. The first-order valence-corrected chi connectivity index (χ1v) is 5.92. The third-order valence-corrected chi connectivity index (χ3v) is 3.03. The highest BCUT2D eigenvalue weighted by atomic mass is 19.4. The molecule has 0 aliphatic carbocycles. The number of rotatable bonds is 2. The van der Waals surface area contributed by atoms with Crippen LogP contribution in [-0.4, -0.2) is 34.7 Å². The van der Waals surface area contributed by atoms with Crippen molar-refractivity contribution in [2.75, 3.05) is 0 Å². The van der Waals surface area contributed by atoms with E-state index in [-0.39, 0.29) is 0 Å². The Morgan fingerprint density at radius 1 is 0.393 bits per heavy atom. The van der Waals surface area contributed by atoms with E-state index < -0.39 is 59.3 Å². The largest absolute Gasteiger partial charge is 0.437 e. The maximum Gasteiger partial charge on any atom is 0.437 e. The quantitative estimate of drug-likeness (QED) is 0.567. The summed E-state index contributed by atoms with van der Waals surface area (Å²) in [5.74, 6) is -7.05. The fourth-order valence-corrected chi connectivity index (χ4v) is 1.69. The lowest BCUT2D eigenvalue weighted by Crippen LogP contribution is -2.54. The summed E-state index contributed by atoms with van der Waals surface area (Å²) in [6.07, 6.45) is -29.1. The van der Waals surface area contributed by atoms with Gasteiger partial charge < -0.3 is 0 Å². The number of halogens is 16. The van der Waals surface area contributed by atoms with Gasteiger partial charge in [-0.1, -0.05) is 0 Å². The number of hydrogen-bond acceptors (Lipinski definition) is 2. The molecule has 162 valence electrons. The van der Waals surface area contributed by atoms with Crippen molar-refractivity contribution in [1.29, 1.82) is 0 Å². The van der Waals surface area contributed by atoms with Gasteiger partial charge in [-0.2, -0.15) is 66.4 Å². The lowest BCUT2D eigenvalue weighted by molar-refractivity contribution is -0.354. The van der Waals surface area contributed by atoms with Crippen molar-refractivity contribution in [3.05, 3.63) is 23.3 Å². The molecule has 0 aromatic carbocycles. The second-order valence-electron chi connectivity index (χ2n) is 4.81. The molecule has 28 heavy (non-hydrogen) atoms. The summed E-state index contributed by atoms with van der Waals surface area (Å²) in [7, 11) is 0. The van der Waals surface area contributed by atoms with Gasteiger partial charge in [-0.3, -0.25) is 0 Å². The molecule has 0 aliphatic rings. The van der Waals surface area contributed by atoms with E-state index in [4.69, 9.17) is 0 Å². The van der Waals surface area contributed by atoms with E-state index in [0.29, 0.717) is 0 Å². The van der Waals surface area contributed by atoms with Crippen molar-refractivity contribution in [3.63, 3.8) is 0 Å². The second-order valence-corrected chi connectivity index (χ2v) is 4.81. The molecule has 0 saturated carbocycles. The Balaban J connectivity index is 4.08. The van der Waals surface area contributed by atoms with Gasteiger partial charge >= 0.3 is 36.0 Å². The van der Waals surface area contributed by atoms with Crippen LogP contribution in [0.5, 0.6) is 0 Å². The van der Waals surface area contributed by atoms with E-state index in [9.17, 15) is 70.2 Å². The van der Waals surface area contributed by atoms with Gasteiger partial charge in [0.25, 0.3) is 0 Å². The van der Waals surface area contributed by atoms with Crippen molar-refractivity contribution < 1.29 is 70.2 Å². The molecular weight excluding hydrogens is 452 g/mol. The van der Waals surface area contributed by atoms with Gasteiger partial charge in [0, 0.05) is 0 Å². The number of hydrogen-bond donors (Lipinski definition) is 0. The molecule has 0 fully saturated rings. The Hall–Kier alpha value is -2.04. The number of alkyl halides is 14. The van der Waals surface area contributed by atoms with E-state index >= 15 is 0 Å². The molecule has 1 aromatic rings. The summed E-state index contributed by atoms with van der Waals surface area (Å²) in [6, 6.07) is 0. The molecule has 0 bridgehead atoms. The van der Waals surface area contributed by atoms with Gasteiger partial charge in [-0.15, -0.1) is 0 Å². The van der Waals surface area contributed by atoms with Crippen LogP contribution in [0.2, 0.25) is 0 Å². The van der Waals surface area contributed by atoms with Crippen LogP contribution in [0.15, 0.2) is 0 Å². The summed E-state index contributed by atoms with van der Waals surface area (Å²) in [5.41, 5.74) is -21.9. The molecule has 2 nitrogen and oxygen atoms in total. The molecular formula is C10F16N2. The maximum atomic E-state index is 13.7. The lowest BCUT2D eigenvalue weighted by atomic mass is 9.97. The normalized spacial score (nSPS) is 15.1. The summed E-state index contributed by atoms with van der Waals surface area (Å²) in [4.78, 5) is 2.42. The minimum absolute atomic E-state index is 1.14. The maximum absolute atomic E-state index is 13.7. The molecule has 0 amide bonds. The Labute approximate surface area is 141 Å². The summed E-state index contributed by atoms with van der Waals surface area (Å²) >= 11 is 0. The molecule has 0 radical (unpaired) electrons. The van der Waals surface area contributed by atoms with Crippen LogP contribution in [0.25, 0.3) is 0 Å². The molecule has 0 N–H and O–H groups in total. The Morgan fingerprint density at radius 2 is 0.607 bits per heavy atom. The van der Waals surface area contributed by atoms with Crippen molar-refractivity contribution in [2.45, 2.75) is 36.0 Å². The smallest absolute Gasteiger partial charge is 0.240 e. The predicted molar refractivity (Wildman–Crippen MR) is 51.7 cm³/mol. The number of nitrogens with zero attached hydrogens (tertiary/aromatic N) is 2. The Bertz CT molecular complexity index is 651. The van der Waals surface area contributed by atoms with Crippen molar-refractivity contribution in [3.8, 4) is 0 Å². The molecule has 0 unspecified atom stereocenters. The van der Waals surface area contributed by atoms with Crippen LogP contribution in [0.4, 0.5) is 70.2 Å². The van der Waals surface area contributed by atoms with E-state index in [2.05, 4.69) is 0 Å². The topological polar surface area (TPSA) is 25.8 Å². The Morgan fingerprint density at radius 3 is 0.786 bits per heavy atom. The highest BCUT2D eigenvalue weighted by Gasteiger charge is 2.78. The molecule has 18 heteroatoms. The van der Waals surface area contributed by atoms with E-state index in [0.717, 1.165) is 4.98 Å². The van der Waals surface area contributed by atoms with E-state index in [1.807, 2.05) is 0 Å². The molecule has 0 spiro atoms. The van der Waals surface area contributed by atoms with Crippen molar-refractivity contribution in [2.24, 2.45) is 0 Å². The molecule has 0 aliphatic heterocycles. The summed E-state index contributed by atoms with van der Waals surface area (Å²) in [5, 5.41) is 0. The van der Waals surface area contributed by atoms with Gasteiger partial charge in [0.15, 0.2) is 11.4 Å². The minimum Gasteiger partial charge on any atom is -0.240 e. The average Bonchev–Trinajstić information content (AvgIpc) is 2.41. The van der Waals surface area contributed by atoms with Crippen LogP contribution in [0, 0.1) is 11.9 Å². The van der Waals surface area contributed by atoms with Crippen LogP contribution in [0.3, 0.4) is 0 Å².